The minimum absolute atomic E-state index is 0.344. The second-order valence-electron chi connectivity index (χ2n) is 4.76. The fourth-order valence-electron chi connectivity index (χ4n) is 2.55. The Morgan fingerprint density at radius 1 is 1.17 bits per heavy atom. The molecule has 2 heteroatoms. The lowest BCUT2D eigenvalue weighted by atomic mass is 9.88. The van der Waals surface area contributed by atoms with E-state index in [0.29, 0.717) is 6.61 Å². The van der Waals surface area contributed by atoms with Gasteiger partial charge in [0.25, 0.3) is 0 Å². The minimum Gasteiger partial charge on any atom is -0.353 e. The van der Waals surface area contributed by atoms with Crippen molar-refractivity contribution >= 4 is 6.08 Å². The lowest BCUT2D eigenvalue weighted by Gasteiger charge is -2.36. The molecule has 0 aliphatic heterocycles. The van der Waals surface area contributed by atoms with Crippen LogP contribution in [-0.2, 0) is 9.47 Å². The Hall–Kier alpha value is -1.12. The van der Waals surface area contributed by atoms with Crippen LogP contribution < -0.4 is 0 Å². The SMILES string of the molecule is CCOC1(OC)CCC(=Cc2ccccc2)CC1. The summed E-state index contributed by atoms with van der Waals surface area (Å²) in [6.45, 7) is 2.74. The van der Waals surface area contributed by atoms with Crippen LogP contribution in [0.2, 0.25) is 0 Å². The van der Waals surface area contributed by atoms with Crippen LogP contribution in [0.25, 0.3) is 6.08 Å². The lowest BCUT2D eigenvalue weighted by molar-refractivity contribution is -0.231. The second-order valence-corrected chi connectivity index (χ2v) is 4.76. The van der Waals surface area contributed by atoms with Crippen molar-refractivity contribution in [3.63, 3.8) is 0 Å². The van der Waals surface area contributed by atoms with E-state index in [1.807, 2.05) is 13.0 Å². The summed E-state index contributed by atoms with van der Waals surface area (Å²) in [4.78, 5) is 0. The Bertz CT molecular complexity index is 385. The molecule has 0 spiro atoms. The number of methoxy groups -OCH3 is 1. The maximum absolute atomic E-state index is 5.77. The third-order valence-electron chi connectivity index (χ3n) is 3.60. The number of benzene rings is 1. The lowest BCUT2D eigenvalue weighted by Crippen LogP contribution is -2.37. The molecule has 1 aliphatic carbocycles. The van der Waals surface area contributed by atoms with Gasteiger partial charge in [-0.3, -0.25) is 0 Å². The van der Waals surface area contributed by atoms with E-state index in [1.54, 1.807) is 7.11 Å². The predicted molar refractivity (Wildman–Crippen MR) is 74.3 cm³/mol. The number of hydrogen-bond acceptors (Lipinski definition) is 2. The summed E-state index contributed by atoms with van der Waals surface area (Å²) in [7, 11) is 1.75. The zero-order valence-electron chi connectivity index (χ0n) is 11.3. The molecule has 1 aromatic carbocycles. The number of hydrogen-bond donors (Lipinski definition) is 0. The Morgan fingerprint density at radius 3 is 2.39 bits per heavy atom. The van der Waals surface area contributed by atoms with Gasteiger partial charge in [0, 0.05) is 26.6 Å². The van der Waals surface area contributed by atoms with Crippen molar-refractivity contribution < 1.29 is 9.47 Å². The summed E-state index contributed by atoms with van der Waals surface area (Å²) in [5.74, 6) is -0.344. The van der Waals surface area contributed by atoms with E-state index in [-0.39, 0.29) is 5.79 Å². The molecule has 0 saturated heterocycles. The highest BCUT2D eigenvalue weighted by Crippen LogP contribution is 2.35. The molecule has 0 bridgehead atoms. The first kappa shape index (κ1) is 13.3. The largest absolute Gasteiger partial charge is 0.353 e. The van der Waals surface area contributed by atoms with Crippen molar-refractivity contribution in [2.24, 2.45) is 0 Å². The van der Waals surface area contributed by atoms with Gasteiger partial charge in [0.1, 0.15) is 0 Å². The standard InChI is InChI=1S/C16H22O2/c1-3-18-16(17-2)11-9-15(10-12-16)13-14-7-5-4-6-8-14/h4-8,13H,3,9-12H2,1-2H3. The highest BCUT2D eigenvalue weighted by atomic mass is 16.7. The van der Waals surface area contributed by atoms with Crippen molar-refractivity contribution in [3.8, 4) is 0 Å². The van der Waals surface area contributed by atoms with Crippen LogP contribution >= 0.6 is 0 Å². The van der Waals surface area contributed by atoms with Crippen molar-refractivity contribution in [1.29, 1.82) is 0 Å². The smallest absolute Gasteiger partial charge is 0.168 e. The van der Waals surface area contributed by atoms with E-state index < -0.39 is 0 Å². The van der Waals surface area contributed by atoms with Crippen LogP contribution in [0, 0.1) is 0 Å². The third-order valence-corrected chi connectivity index (χ3v) is 3.60. The van der Waals surface area contributed by atoms with E-state index in [2.05, 4.69) is 30.3 Å². The number of allylic oxidation sites excluding steroid dienone is 1. The zero-order chi connectivity index (χ0) is 12.8. The van der Waals surface area contributed by atoms with Crippen LogP contribution in [-0.4, -0.2) is 19.5 Å². The number of rotatable bonds is 4. The molecule has 0 unspecified atom stereocenters. The Balaban J connectivity index is 2.00. The van der Waals surface area contributed by atoms with Crippen molar-refractivity contribution in [2.75, 3.05) is 13.7 Å². The Kier molecular flexibility index (Phi) is 4.56. The molecular formula is C16H22O2. The molecule has 18 heavy (non-hydrogen) atoms. The topological polar surface area (TPSA) is 18.5 Å². The van der Waals surface area contributed by atoms with Crippen LogP contribution in [0.5, 0.6) is 0 Å². The summed E-state index contributed by atoms with van der Waals surface area (Å²) in [5, 5.41) is 0. The van der Waals surface area contributed by atoms with Crippen molar-refractivity contribution in [3.05, 3.63) is 41.5 Å². The van der Waals surface area contributed by atoms with Crippen molar-refractivity contribution in [1.82, 2.24) is 0 Å². The van der Waals surface area contributed by atoms with E-state index in [0.717, 1.165) is 25.7 Å². The summed E-state index contributed by atoms with van der Waals surface area (Å²) in [6, 6.07) is 10.5. The summed E-state index contributed by atoms with van der Waals surface area (Å²) in [6.07, 6.45) is 6.32. The first-order valence-electron chi connectivity index (χ1n) is 6.71. The van der Waals surface area contributed by atoms with Gasteiger partial charge in [-0.1, -0.05) is 42.0 Å². The van der Waals surface area contributed by atoms with Crippen LogP contribution in [0.15, 0.2) is 35.9 Å². The fraction of sp³-hybridized carbons (Fsp3) is 0.500. The average Bonchev–Trinajstić information content (AvgIpc) is 2.43. The van der Waals surface area contributed by atoms with E-state index in [4.69, 9.17) is 9.47 Å². The second kappa shape index (κ2) is 6.17. The van der Waals surface area contributed by atoms with Gasteiger partial charge in [0.05, 0.1) is 0 Å². The van der Waals surface area contributed by atoms with Gasteiger partial charge in [-0.25, -0.2) is 0 Å². The summed E-state index contributed by atoms with van der Waals surface area (Å²) < 4.78 is 11.3. The number of ether oxygens (including phenoxy) is 2. The van der Waals surface area contributed by atoms with Gasteiger partial charge < -0.3 is 9.47 Å². The molecule has 0 aromatic heterocycles. The summed E-state index contributed by atoms with van der Waals surface area (Å²) in [5.41, 5.74) is 2.78. The highest BCUT2D eigenvalue weighted by molar-refractivity contribution is 5.52. The molecule has 0 radical (unpaired) electrons. The maximum atomic E-state index is 5.77. The van der Waals surface area contributed by atoms with Gasteiger partial charge in [-0.15, -0.1) is 0 Å². The quantitative estimate of drug-likeness (QED) is 0.747. The third kappa shape index (κ3) is 3.21. The zero-order valence-corrected chi connectivity index (χ0v) is 11.3. The van der Waals surface area contributed by atoms with Gasteiger partial charge in [0.2, 0.25) is 0 Å². The van der Waals surface area contributed by atoms with Gasteiger partial charge in [-0.05, 0) is 25.3 Å². The Morgan fingerprint density at radius 2 is 1.83 bits per heavy atom. The van der Waals surface area contributed by atoms with E-state index in [1.165, 1.54) is 11.1 Å². The molecule has 1 aliphatic rings. The Labute approximate surface area is 110 Å². The molecule has 1 saturated carbocycles. The maximum Gasteiger partial charge on any atom is 0.168 e. The van der Waals surface area contributed by atoms with Gasteiger partial charge in [0.15, 0.2) is 5.79 Å². The highest BCUT2D eigenvalue weighted by Gasteiger charge is 2.33. The predicted octanol–water partition coefficient (Wildman–Crippen LogP) is 4.02. The van der Waals surface area contributed by atoms with Crippen LogP contribution in [0.4, 0.5) is 0 Å². The van der Waals surface area contributed by atoms with E-state index >= 15 is 0 Å². The van der Waals surface area contributed by atoms with Gasteiger partial charge in [-0.2, -0.15) is 0 Å². The molecule has 1 aromatic rings. The molecule has 98 valence electrons. The fourth-order valence-corrected chi connectivity index (χ4v) is 2.55. The minimum atomic E-state index is -0.344. The molecule has 0 heterocycles. The molecule has 1 fully saturated rings. The molecule has 0 N–H and O–H groups in total. The normalized spacial score (nSPS) is 24.0. The van der Waals surface area contributed by atoms with Crippen LogP contribution in [0.1, 0.15) is 38.2 Å². The van der Waals surface area contributed by atoms with Crippen molar-refractivity contribution in [2.45, 2.75) is 38.4 Å². The molecule has 0 amide bonds. The molecular weight excluding hydrogens is 224 g/mol. The first-order valence-corrected chi connectivity index (χ1v) is 6.71. The molecule has 2 nitrogen and oxygen atoms in total. The first-order chi connectivity index (χ1) is 8.78. The monoisotopic (exact) mass is 246 g/mol. The summed E-state index contributed by atoms with van der Waals surface area (Å²) >= 11 is 0. The van der Waals surface area contributed by atoms with Gasteiger partial charge >= 0.3 is 0 Å². The van der Waals surface area contributed by atoms with Crippen LogP contribution in [0.3, 0.4) is 0 Å². The van der Waals surface area contributed by atoms with E-state index in [9.17, 15) is 0 Å². The molecule has 0 atom stereocenters. The molecule has 2 rings (SSSR count). The average molecular weight is 246 g/mol.